The molecule has 0 amide bonds. The number of nitrogen functional groups attached to an aromatic ring is 1. The molecular formula is C10H15BrN2O2S. The van der Waals surface area contributed by atoms with E-state index in [0.717, 1.165) is 6.42 Å². The summed E-state index contributed by atoms with van der Waals surface area (Å²) < 4.78 is 26.1. The van der Waals surface area contributed by atoms with Crippen molar-refractivity contribution >= 4 is 31.6 Å². The molecule has 0 radical (unpaired) electrons. The largest absolute Gasteiger partial charge is 0.399 e. The van der Waals surface area contributed by atoms with Gasteiger partial charge in [0.05, 0.1) is 4.90 Å². The lowest BCUT2D eigenvalue weighted by molar-refractivity contribution is 0.468. The Balaban J connectivity index is 3.21. The molecular weight excluding hydrogens is 292 g/mol. The lowest BCUT2D eigenvalue weighted by Crippen LogP contribution is -2.28. The van der Waals surface area contributed by atoms with Crippen LogP contribution in [0.15, 0.2) is 27.6 Å². The second-order valence-electron chi connectivity index (χ2n) is 3.52. The quantitative estimate of drug-likeness (QED) is 0.866. The van der Waals surface area contributed by atoms with E-state index in [-0.39, 0.29) is 4.90 Å². The summed E-state index contributed by atoms with van der Waals surface area (Å²) in [7, 11) is -1.88. The van der Waals surface area contributed by atoms with Crippen molar-refractivity contribution in [2.45, 2.75) is 18.2 Å². The number of anilines is 1. The third kappa shape index (κ3) is 2.75. The van der Waals surface area contributed by atoms with Crippen molar-refractivity contribution in [1.29, 1.82) is 0 Å². The average Bonchev–Trinajstić information content (AvgIpc) is 2.22. The van der Waals surface area contributed by atoms with Gasteiger partial charge in [0, 0.05) is 23.8 Å². The van der Waals surface area contributed by atoms with Crippen molar-refractivity contribution in [3.63, 3.8) is 0 Å². The highest BCUT2D eigenvalue weighted by Gasteiger charge is 2.22. The standard InChI is InChI=1S/C10H15BrN2O2S/c1-3-6-13(2)16(14,15)10-7-8(12)4-5-9(10)11/h4-5,7H,3,6,12H2,1-2H3. The van der Waals surface area contributed by atoms with E-state index in [9.17, 15) is 8.42 Å². The van der Waals surface area contributed by atoms with E-state index in [1.807, 2.05) is 6.92 Å². The highest BCUT2D eigenvalue weighted by atomic mass is 79.9. The first kappa shape index (κ1) is 13.5. The Hall–Kier alpha value is -0.590. The first-order valence-electron chi connectivity index (χ1n) is 4.91. The number of benzene rings is 1. The maximum absolute atomic E-state index is 12.1. The summed E-state index contributed by atoms with van der Waals surface area (Å²) in [6, 6.07) is 4.76. The lowest BCUT2D eigenvalue weighted by Gasteiger charge is -2.17. The van der Waals surface area contributed by atoms with Gasteiger partial charge >= 0.3 is 0 Å². The molecule has 2 N–H and O–H groups in total. The first-order chi connectivity index (χ1) is 7.39. The smallest absolute Gasteiger partial charge is 0.244 e. The van der Waals surface area contributed by atoms with Gasteiger partial charge in [-0.05, 0) is 40.5 Å². The van der Waals surface area contributed by atoms with Crippen LogP contribution in [-0.4, -0.2) is 26.3 Å². The Bertz CT molecular complexity index is 474. The van der Waals surface area contributed by atoms with Crippen LogP contribution in [0.2, 0.25) is 0 Å². The molecule has 0 saturated heterocycles. The van der Waals surface area contributed by atoms with Crippen LogP contribution in [0.4, 0.5) is 5.69 Å². The molecule has 16 heavy (non-hydrogen) atoms. The summed E-state index contributed by atoms with van der Waals surface area (Å²) in [5.74, 6) is 0. The van der Waals surface area contributed by atoms with Crippen LogP contribution >= 0.6 is 15.9 Å². The molecule has 1 rings (SSSR count). The van der Waals surface area contributed by atoms with Crippen LogP contribution in [0.25, 0.3) is 0 Å². The van der Waals surface area contributed by atoms with Crippen molar-refractivity contribution in [1.82, 2.24) is 4.31 Å². The van der Waals surface area contributed by atoms with Gasteiger partial charge in [0.1, 0.15) is 0 Å². The Morgan fingerprint density at radius 3 is 2.62 bits per heavy atom. The molecule has 4 nitrogen and oxygen atoms in total. The Morgan fingerprint density at radius 1 is 1.44 bits per heavy atom. The molecule has 0 saturated carbocycles. The predicted molar refractivity (Wildman–Crippen MR) is 68.7 cm³/mol. The van der Waals surface area contributed by atoms with E-state index in [1.54, 1.807) is 19.2 Å². The minimum atomic E-state index is -3.45. The summed E-state index contributed by atoms with van der Waals surface area (Å²) in [6.45, 7) is 2.42. The van der Waals surface area contributed by atoms with Crippen molar-refractivity contribution < 1.29 is 8.42 Å². The topological polar surface area (TPSA) is 63.4 Å². The average molecular weight is 307 g/mol. The highest BCUT2D eigenvalue weighted by Crippen LogP contribution is 2.26. The zero-order valence-corrected chi connectivity index (χ0v) is 11.7. The normalized spacial score (nSPS) is 12.0. The molecule has 1 aromatic rings. The zero-order chi connectivity index (χ0) is 12.3. The van der Waals surface area contributed by atoms with Gasteiger partial charge < -0.3 is 5.73 Å². The molecule has 0 aliphatic heterocycles. The third-order valence-electron chi connectivity index (χ3n) is 2.18. The fourth-order valence-electron chi connectivity index (χ4n) is 1.32. The number of rotatable bonds is 4. The van der Waals surface area contributed by atoms with Crippen LogP contribution in [0.3, 0.4) is 0 Å². The molecule has 0 bridgehead atoms. The van der Waals surface area contributed by atoms with Crippen molar-refractivity contribution in [2.24, 2.45) is 0 Å². The summed E-state index contributed by atoms with van der Waals surface area (Å²) >= 11 is 3.22. The van der Waals surface area contributed by atoms with E-state index in [4.69, 9.17) is 5.73 Å². The van der Waals surface area contributed by atoms with Crippen LogP contribution in [0.1, 0.15) is 13.3 Å². The van der Waals surface area contributed by atoms with Gasteiger partial charge in [-0.3, -0.25) is 0 Å². The van der Waals surface area contributed by atoms with Gasteiger partial charge in [-0.25, -0.2) is 12.7 Å². The fraction of sp³-hybridized carbons (Fsp3) is 0.400. The molecule has 0 aliphatic rings. The summed E-state index contributed by atoms with van der Waals surface area (Å²) in [5.41, 5.74) is 6.03. The Labute approximate surface area is 105 Å². The molecule has 0 atom stereocenters. The summed E-state index contributed by atoms with van der Waals surface area (Å²) in [4.78, 5) is 0.212. The van der Waals surface area contributed by atoms with E-state index < -0.39 is 10.0 Å². The van der Waals surface area contributed by atoms with Gasteiger partial charge in [0.25, 0.3) is 0 Å². The van der Waals surface area contributed by atoms with Gasteiger partial charge in [-0.2, -0.15) is 0 Å². The predicted octanol–water partition coefficient (Wildman–Crippen LogP) is 2.06. The molecule has 0 unspecified atom stereocenters. The summed E-state index contributed by atoms with van der Waals surface area (Å²) in [6.07, 6.45) is 0.773. The van der Waals surface area contributed by atoms with E-state index in [0.29, 0.717) is 16.7 Å². The van der Waals surface area contributed by atoms with Crippen molar-refractivity contribution in [2.75, 3.05) is 19.3 Å². The zero-order valence-electron chi connectivity index (χ0n) is 9.27. The van der Waals surface area contributed by atoms with E-state index in [2.05, 4.69) is 15.9 Å². The van der Waals surface area contributed by atoms with Gasteiger partial charge in [0.15, 0.2) is 0 Å². The molecule has 0 aromatic heterocycles. The maximum atomic E-state index is 12.1. The van der Waals surface area contributed by atoms with Gasteiger partial charge in [-0.15, -0.1) is 0 Å². The number of sulfonamides is 1. The van der Waals surface area contributed by atoms with Crippen LogP contribution in [0.5, 0.6) is 0 Å². The molecule has 0 aliphatic carbocycles. The lowest BCUT2D eigenvalue weighted by atomic mass is 10.3. The van der Waals surface area contributed by atoms with Crippen molar-refractivity contribution in [3.05, 3.63) is 22.7 Å². The van der Waals surface area contributed by atoms with Crippen molar-refractivity contribution in [3.8, 4) is 0 Å². The molecule has 90 valence electrons. The minimum absolute atomic E-state index is 0.212. The highest BCUT2D eigenvalue weighted by molar-refractivity contribution is 9.10. The van der Waals surface area contributed by atoms with E-state index >= 15 is 0 Å². The first-order valence-corrected chi connectivity index (χ1v) is 7.14. The molecule has 0 spiro atoms. The Kier molecular flexibility index (Phi) is 4.35. The number of nitrogens with two attached hydrogens (primary N) is 1. The number of hydrogen-bond donors (Lipinski definition) is 1. The SMILES string of the molecule is CCCN(C)S(=O)(=O)c1cc(N)ccc1Br. The van der Waals surface area contributed by atoms with E-state index in [1.165, 1.54) is 10.4 Å². The molecule has 6 heteroatoms. The minimum Gasteiger partial charge on any atom is -0.399 e. The molecule has 0 fully saturated rings. The van der Waals surface area contributed by atoms with Crippen LogP contribution in [-0.2, 0) is 10.0 Å². The number of halogens is 1. The molecule has 0 heterocycles. The Morgan fingerprint density at radius 2 is 2.06 bits per heavy atom. The summed E-state index contributed by atoms with van der Waals surface area (Å²) in [5, 5.41) is 0. The van der Waals surface area contributed by atoms with Crippen LogP contribution in [0, 0.1) is 0 Å². The fourth-order valence-corrected chi connectivity index (χ4v) is 3.54. The van der Waals surface area contributed by atoms with Crippen LogP contribution < -0.4 is 5.73 Å². The van der Waals surface area contributed by atoms with Gasteiger partial charge in [0.2, 0.25) is 10.0 Å². The number of nitrogens with zero attached hydrogens (tertiary/aromatic N) is 1. The monoisotopic (exact) mass is 306 g/mol. The third-order valence-corrected chi connectivity index (χ3v) is 5.03. The molecule has 1 aromatic carbocycles. The maximum Gasteiger partial charge on any atom is 0.244 e. The second kappa shape index (κ2) is 5.16. The number of hydrogen-bond acceptors (Lipinski definition) is 3. The second-order valence-corrected chi connectivity index (χ2v) is 6.38. The van der Waals surface area contributed by atoms with Gasteiger partial charge in [-0.1, -0.05) is 6.92 Å².